The summed E-state index contributed by atoms with van der Waals surface area (Å²) in [6.45, 7) is 0. The molecule has 0 amide bonds. The maximum Gasteiger partial charge on any atom is 0.136 e. The van der Waals surface area contributed by atoms with Crippen LogP contribution >= 0.6 is 0 Å². The largest absolute Gasteiger partial charge is 0.456 e. The lowest BCUT2D eigenvalue weighted by Gasteiger charge is -2.19. The molecule has 228 valence electrons. The second kappa shape index (κ2) is 11.1. The van der Waals surface area contributed by atoms with Crippen molar-refractivity contribution in [2.75, 3.05) is 0 Å². The van der Waals surface area contributed by atoms with Gasteiger partial charge in [-0.05, 0) is 101 Å². The fraction of sp³-hybridized carbons (Fsp3) is 0. The molecule has 0 N–H and O–H groups in total. The monoisotopic (exact) mass is 639 g/mol. The van der Waals surface area contributed by atoms with Gasteiger partial charge in [0.25, 0.3) is 0 Å². The summed E-state index contributed by atoms with van der Waals surface area (Å²) in [4.78, 5) is 0. The number of furan rings is 1. The molecule has 0 fully saturated rings. The maximum atomic E-state index is 9.84. The molecule has 10 rings (SSSR count). The van der Waals surface area contributed by atoms with Crippen LogP contribution in [0.5, 0.6) is 0 Å². The van der Waals surface area contributed by atoms with Gasteiger partial charge < -0.3 is 4.42 Å². The van der Waals surface area contributed by atoms with E-state index in [1.165, 1.54) is 0 Å². The molecule has 10 aromatic rings. The van der Waals surface area contributed by atoms with Crippen molar-refractivity contribution in [3.63, 3.8) is 0 Å². The Labute approximate surface area is 308 Å². The molecule has 49 heavy (non-hydrogen) atoms. The standard InChI is InChI=1S/C48H30O/c1-2-13-31(14-3-1)33-27-28-42-45(30-33)49-44-26-12-25-43(48(42)44)47-40-22-8-6-20-38(40)46(39-21-7-9-23-41(39)47)35-18-10-17-34(29-35)37-24-11-16-32-15-4-5-19-36(32)37/h1-30H/i4D,5D,10D,11D,12D,15D,16D,17D,18D,19D,24D,25D,26D,27D,28D,29D,30D. The van der Waals surface area contributed by atoms with E-state index in [0.717, 1.165) is 0 Å². The van der Waals surface area contributed by atoms with Crippen molar-refractivity contribution < 1.29 is 27.7 Å². The predicted molar refractivity (Wildman–Crippen MR) is 208 cm³/mol. The lowest BCUT2D eigenvalue weighted by atomic mass is 9.84. The molecule has 0 spiro atoms. The molecule has 1 aromatic heterocycles. The average molecular weight is 640 g/mol. The minimum atomic E-state index is -0.733. The van der Waals surface area contributed by atoms with E-state index in [1.54, 1.807) is 78.9 Å². The highest BCUT2D eigenvalue weighted by atomic mass is 16.3. The van der Waals surface area contributed by atoms with Gasteiger partial charge in [-0.25, -0.2) is 0 Å². The number of rotatable bonds is 4. The summed E-state index contributed by atoms with van der Waals surface area (Å²) in [5, 5.41) is 0.718. The third-order valence-corrected chi connectivity index (χ3v) is 8.75. The van der Waals surface area contributed by atoms with Gasteiger partial charge in [-0.1, -0.05) is 157 Å². The lowest BCUT2D eigenvalue weighted by Crippen LogP contribution is -1.91. The average Bonchev–Trinajstić information content (AvgIpc) is 3.72. The molecule has 0 aliphatic rings. The summed E-state index contributed by atoms with van der Waals surface area (Å²) in [5.74, 6) is 0. The quantitative estimate of drug-likeness (QED) is 0.175. The zero-order chi connectivity index (χ0) is 47.1. The number of hydrogen-bond acceptors (Lipinski definition) is 1. The third kappa shape index (κ3) is 4.40. The van der Waals surface area contributed by atoms with Crippen LogP contribution in [0.25, 0.3) is 98.8 Å². The molecule has 0 radical (unpaired) electrons. The molecule has 0 aliphatic heterocycles. The van der Waals surface area contributed by atoms with Crippen molar-refractivity contribution >= 4 is 54.3 Å². The van der Waals surface area contributed by atoms with Gasteiger partial charge in [0.15, 0.2) is 0 Å². The van der Waals surface area contributed by atoms with Crippen LogP contribution in [-0.4, -0.2) is 0 Å². The zero-order valence-electron chi connectivity index (χ0n) is 42.4. The van der Waals surface area contributed by atoms with E-state index in [4.69, 9.17) is 20.9 Å². The van der Waals surface area contributed by atoms with E-state index < -0.39 is 101 Å². The van der Waals surface area contributed by atoms with Gasteiger partial charge in [0.1, 0.15) is 11.2 Å². The normalized spacial score (nSPS) is 16.5. The Kier molecular flexibility index (Phi) is 3.54. The van der Waals surface area contributed by atoms with E-state index in [1.807, 2.05) is 0 Å². The van der Waals surface area contributed by atoms with E-state index >= 15 is 0 Å². The van der Waals surface area contributed by atoms with Gasteiger partial charge in [0, 0.05) is 10.8 Å². The SMILES string of the molecule is [2H]c1c([2H])c(-c2c3ccccc3c(-c3c([2H])c([2H])c([2H])c4oc5c([2H])c(-c6ccccc6)c([2H])c([2H])c5c34)c3ccccc23)c([2H])c(-c2c([2H])c([2H])c([2H])c3c([2H])c([2H])c([2H])c([2H])c23)c1[2H]. The van der Waals surface area contributed by atoms with Gasteiger partial charge >= 0.3 is 0 Å². The topological polar surface area (TPSA) is 13.1 Å². The third-order valence-electron chi connectivity index (χ3n) is 8.75. The Morgan fingerprint density at radius 3 is 1.80 bits per heavy atom. The molecule has 0 aliphatic carbocycles. The highest BCUT2D eigenvalue weighted by Crippen LogP contribution is 2.47. The summed E-state index contributed by atoms with van der Waals surface area (Å²) in [7, 11) is 0. The molecule has 9 aromatic carbocycles. The van der Waals surface area contributed by atoms with Gasteiger partial charge in [0.05, 0.1) is 23.3 Å². The van der Waals surface area contributed by atoms with Crippen LogP contribution in [-0.2, 0) is 0 Å². The Morgan fingerprint density at radius 2 is 1.00 bits per heavy atom. The van der Waals surface area contributed by atoms with Crippen molar-refractivity contribution in [2.45, 2.75) is 0 Å². The van der Waals surface area contributed by atoms with Crippen LogP contribution < -0.4 is 0 Å². The highest BCUT2D eigenvalue weighted by Gasteiger charge is 2.20. The molecular weight excluding hydrogens is 593 g/mol. The Morgan fingerprint density at radius 1 is 0.367 bits per heavy atom. The molecule has 0 unspecified atom stereocenters. The fourth-order valence-corrected chi connectivity index (χ4v) is 6.65. The summed E-state index contributed by atoms with van der Waals surface area (Å²) < 4.78 is 160. The Hall–Kier alpha value is -6.44. The van der Waals surface area contributed by atoms with Crippen molar-refractivity contribution in [1.82, 2.24) is 0 Å². The summed E-state index contributed by atoms with van der Waals surface area (Å²) >= 11 is 0. The van der Waals surface area contributed by atoms with Gasteiger partial charge in [-0.3, -0.25) is 0 Å². The second-order valence-electron chi connectivity index (χ2n) is 11.5. The predicted octanol–water partition coefficient (Wildman–Crippen LogP) is 13.7. The number of fused-ring (bicyclic) bond motifs is 6. The summed E-state index contributed by atoms with van der Waals surface area (Å²) in [6, 6.07) is 12.6. The van der Waals surface area contributed by atoms with Gasteiger partial charge in [-0.2, -0.15) is 0 Å². The van der Waals surface area contributed by atoms with Crippen LogP contribution in [0.4, 0.5) is 0 Å². The summed E-state index contributed by atoms with van der Waals surface area (Å²) in [6.07, 6.45) is 0. The van der Waals surface area contributed by atoms with Crippen LogP contribution in [0.15, 0.2) is 186 Å². The highest BCUT2D eigenvalue weighted by molar-refractivity contribution is 6.25. The van der Waals surface area contributed by atoms with E-state index in [2.05, 4.69) is 0 Å². The van der Waals surface area contributed by atoms with Crippen LogP contribution in [0.2, 0.25) is 0 Å². The minimum Gasteiger partial charge on any atom is -0.456 e. The van der Waals surface area contributed by atoms with Gasteiger partial charge in [-0.15, -0.1) is 0 Å². The first-order chi connectivity index (χ1) is 31.4. The summed E-state index contributed by atoms with van der Waals surface area (Å²) in [5.41, 5.74) is -0.187. The zero-order valence-corrected chi connectivity index (χ0v) is 25.4. The maximum absolute atomic E-state index is 9.84. The lowest BCUT2D eigenvalue weighted by molar-refractivity contribution is 0.669. The number of benzene rings is 9. The van der Waals surface area contributed by atoms with Crippen molar-refractivity contribution in [1.29, 1.82) is 0 Å². The van der Waals surface area contributed by atoms with Crippen LogP contribution in [0.3, 0.4) is 0 Å². The van der Waals surface area contributed by atoms with Gasteiger partial charge in [0.2, 0.25) is 0 Å². The first kappa shape index (κ1) is 15.6. The number of hydrogen-bond donors (Lipinski definition) is 0. The molecule has 0 saturated carbocycles. The van der Waals surface area contributed by atoms with E-state index in [9.17, 15) is 6.85 Å². The molecule has 1 heterocycles. The fourth-order valence-electron chi connectivity index (χ4n) is 6.65. The molecular formula is C48H30O. The molecule has 0 atom stereocenters. The molecule has 0 bridgehead atoms. The first-order valence-electron chi connectivity index (χ1n) is 24.0. The van der Waals surface area contributed by atoms with Crippen LogP contribution in [0.1, 0.15) is 23.3 Å². The van der Waals surface area contributed by atoms with Crippen molar-refractivity contribution in [2.24, 2.45) is 0 Å². The molecule has 1 heteroatoms. The Bertz CT molecular complexity index is 3780. The Balaban J connectivity index is 1.37. The van der Waals surface area contributed by atoms with E-state index in [0.29, 0.717) is 32.7 Å². The molecule has 0 saturated heterocycles. The first-order valence-corrected chi connectivity index (χ1v) is 15.5. The van der Waals surface area contributed by atoms with Crippen LogP contribution in [0, 0.1) is 0 Å². The molecule has 1 nitrogen and oxygen atoms in total. The van der Waals surface area contributed by atoms with E-state index in [-0.39, 0.29) is 67.7 Å². The smallest absolute Gasteiger partial charge is 0.136 e. The minimum absolute atomic E-state index is 0.00538. The second-order valence-corrected chi connectivity index (χ2v) is 11.5. The van der Waals surface area contributed by atoms with Crippen molar-refractivity contribution in [3.8, 4) is 44.5 Å². The van der Waals surface area contributed by atoms with Crippen molar-refractivity contribution in [3.05, 3.63) is 182 Å².